The van der Waals surface area contributed by atoms with Crippen LogP contribution >= 0.6 is 0 Å². The van der Waals surface area contributed by atoms with Gasteiger partial charge in [-0.2, -0.15) is 0 Å². The first-order valence-corrected chi connectivity index (χ1v) is 6.15. The van der Waals surface area contributed by atoms with Crippen molar-refractivity contribution in [3.63, 3.8) is 0 Å². The zero-order valence-electron chi connectivity index (χ0n) is 10.5. The number of ether oxygens (including phenoxy) is 1. The van der Waals surface area contributed by atoms with Gasteiger partial charge in [0.15, 0.2) is 5.78 Å². The largest absolute Gasteiger partial charge is 0.367 e. The van der Waals surface area contributed by atoms with Crippen molar-refractivity contribution in [3.05, 3.63) is 35.4 Å². The number of morpholine rings is 1. The Kier molecular flexibility index (Phi) is 3.92. The number of ketones is 1. The molecule has 0 aliphatic carbocycles. The summed E-state index contributed by atoms with van der Waals surface area (Å²) in [5.74, 6) is 0.104. The molecule has 0 spiro atoms. The highest BCUT2D eigenvalue weighted by molar-refractivity contribution is 5.99. The van der Waals surface area contributed by atoms with E-state index in [1.54, 1.807) is 0 Å². The third-order valence-corrected chi connectivity index (χ3v) is 3.19. The van der Waals surface area contributed by atoms with Crippen molar-refractivity contribution in [1.82, 2.24) is 4.90 Å². The lowest BCUT2D eigenvalue weighted by atomic mass is 10.0. The van der Waals surface area contributed by atoms with Gasteiger partial charge in [0.1, 0.15) is 6.10 Å². The van der Waals surface area contributed by atoms with Gasteiger partial charge in [0.2, 0.25) is 0 Å². The number of nitrogens with zero attached hydrogens (tertiary/aromatic N) is 1. The summed E-state index contributed by atoms with van der Waals surface area (Å²) >= 11 is 0. The fourth-order valence-electron chi connectivity index (χ4n) is 2.13. The van der Waals surface area contributed by atoms with Crippen LogP contribution in [-0.4, -0.2) is 43.0 Å². The Morgan fingerprint density at radius 1 is 1.53 bits per heavy atom. The topological polar surface area (TPSA) is 29.5 Å². The maximum atomic E-state index is 12.3. The fourth-order valence-corrected chi connectivity index (χ4v) is 2.13. The lowest BCUT2D eigenvalue weighted by Gasteiger charge is -2.31. The van der Waals surface area contributed by atoms with Gasteiger partial charge in [-0.3, -0.25) is 9.69 Å². The maximum absolute atomic E-state index is 12.3. The third kappa shape index (κ3) is 2.93. The van der Waals surface area contributed by atoms with Gasteiger partial charge in [0.05, 0.1) is 6.61 Å². The summed E-state index contributed by atoms with van der Waals surface area (Å²) in [6.07, 6.45) is -0.300. The number of hydrogen-bond donors (Lipinski definition) is 0. The van der Waals surface area contributed by atoms with Gasteiger partial charge in [-0.05, 0) is 19.5 Å². The molecule has 0 radical (unpaired) electrons. The van der Waals surface area contributed by atoms with E-state index in [1.165, 1.54) is 0 Å². The molecule has 17 heavy (non-hydrogen) atoms. The molecule has 0 N–H and O–H groups in total. The van der Waals surface area contributed by atoms with Crippen molar-refractivity contribution in [3.8, 4) is 0 Å². The molecule has 2 rings (SSSR count). The summed E-state index contributed by atoms with van der Waals surface area (Å²) in [6.45, 7) is 7.37. The number of hydrogen-bond acceptors (Lipinski definition) is 3. The monoisotopic (exact) mass is 233 g/mol. The predicted octanol–water partition coefficient (Wildman–Crippen LogP) is 1.90. The molecular weight excluding hydrogens is 214 g/mol. The van der Waals surface area contributed by atoms with E-state index >= 15 is 0 Å². The number of Topliss-reactive ketones (excluding diaryl/α,β-unsaturated/α-hetero) is 1. The summed E-state index contributed by atoms with van der Waals surface area (Å²) in [6, 6.07) is 7.71. The molecule has 0 saturated carbocycles. The average Bonchev–Trinajstić information content (AvgIpc) is 2.38. The summed E-state index contributed by atoms with van der Waals surface area (Å²) in [4.78, 5) is 14.5. The molecule has 3 heteroatoms. The van der Waals surface area contributed by atoms with E-state index in [0.717, 1.165) is 24.2 Å². The summed E-state index contributed by atoms with van der Waals surface area (Å²) in [5.41, 5.74) is 1.87. The number of likely N-dealkylation sites (N-methyl/N-ethyl adjacent to an activating group) is 1. The molecule has 1 unspecified atom stereocenters. The molecule has 1 aromatic rings. The van der Waals surface area contributed by atoms with Gasteiger partial charge in [-0.25, -0.2) is 0 Å². The van der Waals surface area contributed by atoms with Crippen LogP contribution in [0.15, 0.2) is 24.3 Å². The van der Waals surface area contributed by atoms with E-state index in [0.29, 0.717) is 13.2 Å². The second kappa shape index (κ2) is 5.43. The molecule has 0 amide bonds. The zero-order valence-corrected chi connectivity index (χ0v) is 10.5. The van der Waals surface area contributed by atoms with Gasteiger partial charge < -0.3 is 4.74 Å². The molecular formula is C14H19NO2. The van der Waals surface area contributed by atoms with E-state index in [4.69, 9.17) is 4.74 Å². The third-order valence-electron chi connectivity index (χ3n) is 3.19. The average molecular weight is 233 g/mol. The lowest BCUT2D eigenvalue weighted by molar-refractivity contribution is -0.0148. The van der Waals surface area contributed by atoms with Crippen molar-refractivity contribution >= 4 is 5.78 Å². The second-order valence-corrected chi connectivity index (χ2v) is 4.49. The predicted molar refractivity (Wildman–Crippen MR) is 67.4 cm³/mol. The number of carbonyl (C=O) groups excluding carboxylic acids is 1. The first kappa shape index (κ1) is 12.3. The van der Waals surface area contributed by atoms with Gasteiger partial charge in [-0.15, -0.1) is 0 Å². The smallest absolute Gasteiger partial charge is 0.192 e. The van der Waals surface area contributed by atoms with Crippen LogP contribution in [0.5, 0.6) is 0 Å². The van der Waals surface area contributed by atoms with Crippen LogP contribution in [0.25, 0.3) is 0 Å². The van der Waals surface area contributed by atoms with Gasteiger partial charge in [-0.1, -0.05) is 30.7 Å². The Hall–Kier alpha value is -1.19. The number of benzene rings is 1. The molecule has 1 aliphatic rings. The molecule has 1 saturated heterocycles. The first-order valence-electron chi connectivity index (χ1n) is 6.15. The van der Waals surface area contributed by atoms with E-state index in [9.17, 15) is 4.79 Å². The van der Waals surface area contributed by atoms with Crippen LogP contribution < -0.4 is 0 Å². The Balaban J connectivity index is 2.09. The number of rotatable bonds is 3. The van der Waals surface area contributed by atoms with Gasteiger partial charge >= 0.3 is 0 Å². The molecule has 0 aromatic heterocycles. The molecule has 1 aromatic carbocycles. The van der Waals surface area contributed by atoms with E-state index < -0.39 is 0 Å². The second-order valence-electron chi connectivity index (χ2n) is 4.49. The molecule has 1 aliphatic heterocycles. The van der Waals surface area contributed by atoms with Crippen LogP contribution in [0.2, 0.25) is 0 Å². The molecule has 3 nitrogen and oxygen atoms in total. The molecule has 92 valence electrons. The Morgan fingerprint density at radius 3 is 3.06 bits per heavy atom. The van der Waals surface area contributed by atoms with Crippen molar-refractivity contribution in [2.24, 2.45) is 0 Å². The van der Waals surface area contributed by atoms with E-state index in [2.05, 4.69) is 11.8 Å². The number of carbonyl (C=O) groups is 1. The van der Waals surface area contributed by atoms with Crippen LogP contribution in [0.4, 0.5) is 0 Å². The van der Waals surface area contributed by atoms with E-state index in [1.807, 2.05) is 31.2 Å². The van der Waals surface area contributed by atoms with Crippen LogP contribution in [0.3, 0.4) is 0 Å². The molecule has 0 bridgehead atoms. The Labute approximate surface area is 102 Å². The summed E-state index contributed by atoms with van der Waals surface area (Å²) in [7, 11) is 0. The SMILES string of the molecule is CCN1CCOC(C(=O)c2cccc(C)c2)C1. The van der Waals surface area contributed by atoms with Crippen molar-refractivity contribution in [2.45, 2.75) is 20.0 Å². The standard InChI is InChI=1S/C14H19NO2/c1-3-15-7-8-17-13(10-15)14(16)12-6-4-5-11(2)9-12/h4-6,9,13H,3,7-8,10H2,1-2H3. The van der Waals surface area contributed by atoms with Gasteiger partial charge in [0, 0.05) is 18.7 Å². The van der Waals surface area contributed by atoms with Crippen LogP contribution in [0, 0.1) is 6.92 Å². The minimum Gasteiger partial charge on any atom is -0.367 e. The lowest BCUT2D eigenvalue weighted by Crippen LogP contribution is -2.45. The Morgan fingerprint density at radius 2 is 2.35 bits per heavy atom. The van der Waals surface area contributed by atoms with Crippen LogP contribution in [-0.2, 0) is 4.74 Å². The normalized spacial score (nSPS) is 21.4. The van der Waals surface area contributed by atoms with E-state index in [-0.39, 0.29) is 11.9 Å². The first-order chi connectivity index (χ1) is 8.20. The Bertz CT molecular complexity index is 403. The zero-order chi connectivity index (χ0) is 12.3. The highest BCUT2D eigenvalue weighted by Crippen LogP contribution is 2.13. The highest BCUT2D eigenvalue weighted by atomic mass is 16.5. The quantitative estimate of drug-likeness (QED) is 0.747. The molecule has 1 atom stereocenters. The molecule has 1 heterocycles. The maximum Gasteiger partial charge on any atom is 0.192 e. The van der Waals surface area contributed by atoms with Gasteiger partial charge in [0.25, 0.3) is 0 Å². The van der Waals surface area contributed by atoms with Crippen molar-refractivity contribution in [1.29, 1.82) is 0 Å². The summed E-state index contributed by atoms with van der Waals surface area (Å²) in [5, 5.41) is 0. The fraction of sp³-hybridized carbons (Fsp3) is 0.500. The van der Waals surface area contributed by atoms with Crippen molar-refractivity contribution in [2.75, 3.05) is 26.2 Å². The summed E-state index contributed by atoms with van der Waals surface area (Å²) < 4.78 is 5.57. The minimum atomic E-state index is -0.300. The van der Waals surface area contributed by atoms with Crippen LogP contribution in [0.1, 0.15) is 22.8 Å². The van der Waals surface area contributed by atoms with Crippen molar-refractivity contribution < 1.29 is 9.53 Å². The number of aryl methyl sites for hydroxylation is 1. The highest BCUT2D eigenvalue weighted by Gasteiger charge is 2.26. The minimum absolute atomic E-state index is 0.104. The molecule has 1 fully saturated rings.